The first kappa shape index (κ1) is 17.3. The van der Waals surface area contributed by atoms with Crippen molar-refractivity contribution in [2.45, 2.75) is 12.8 Å². The van der Waals surface area contributed by atoms with E-state index in [4.69, 9.17) is 0 Å². The van der Waals surface area contributed by atoms with Crippen LogP contribution in [0.3, 0.4) is 0 Å². The standard InChI is InChI=1S/C19H17N3O4/c1-26-19(25)12-6-8-13(9-7-12)20-17(23)11-10-16-18(24)22-15-5-3-2-4-14(15)21-16/h2-9H,10-11H2,1H3,(H,20,23)(H,22,24). The van der Waals surface area contributed by atoms with Crippen LogP contribution in [-0.2, 0) is 16.0 Å². The van der Waals surface area contributed by atoms with Gasteiger partial charge in [0.25, 0.3) is 5.56 Å². The zero-order valence-corrected chi connectivity index (χ0v) is 14.1. The molecule has 0 spiro atoms. The molecule has 0 radical (unpaired) electrons. The summed E-state index contributed by atoms with van der Waals surface area (Å²) in [6, 6.07) is 13.6. The van der Waals surface area contributed by atoms with Gasteiger partial charge in [0.15, 0.2) is 0 Å². The fourth-order valence-electron chi connectivity index (χ4n) is 2.50. The van der Waals surface area contributed by atoms with E-state index < -0.39 is 5.97 Å². The van der Waals surface area contributed by atoms with Gasteiger partial charge in [0, 0.05) is 18.5 Å². The molecule has 0 bridgehead atoms. The van der Waals surface area contributed by atoms with Gasteiger partial charge in [-0.15, -0.1) is 0 Å². The van der Waals surface area contributed by atoms with E-state index in [0.29, 0.717) is 28.0 Å². The lowest BCUT2D eigenvalue weighted by Crippen LogP contribution is -2.19. The number of nitrogens with one attached hydrogen (secondary N) is 2. The Labute approximate surface area is 149 Å². The van der Waals surface area contributed by atoms with E-state index in [1.54, 1.807) is 36.4 Å². The Hall–Kier alpha value is -3.48. The molecule has 2 N–H and O–H groups in total. The van der Waals surface area contributed by atoms with E-state index in [0.717, 1.165) is 0 Å². The summed E-state index contributed by atoms with van der Waals surface area (Å²) in [5.41, 5.74) is 2.33. The van der Waals surface area contributed by atoms with Gasteiger partial charge in [-0.25, -0.2) is 9.78 Å². The summed E-state index contributed by atoms with van der Waals surface area (Å²) < 4.78 is 4.62. The van der Waals surface area contributed by atoms with Crippen molar-refractivity contribution in [3.05, 3.63) is 70.1 Å². The van der Waals surface area contributed by atoms with Crippen LogP contribution in [0, 0.1) is 0 Å². The Morgan fingerprint density at radius 2 is 1.85 bits per heavy atom. The summed E-state index contributed by atoms with van der Waals surface area (Å²) in [5, 5.41) is 2.72. The molecule has 7 heteroatoms. The van der Waals surface area contributed by atoms with Crippen LogP contribution >= 0.6 is 0 Å². The monoisotopic (exact) mass is 351 g/mol. The number of methoxy groups -OCH3 is 1. The summed E-state index contributed by atoms with van der Waals surface area (Å²) >= 11 is 0. The van der Waals surface area contributed by atoms with Crippen LogP contribution in [0.1, 0.15) is 22.5 Å². The van der Waals surface area contributed by atoms with Gasteiger partial charge in [-0.3, -0.25) is 9.59 Å². The fourth-order valence-corrected chi connectivity index (χ4v) is 2.50. The van der Waals surface area contributed by atoms with Crippen LogP contribution in [0.25, 0.3) is 11.0 Å². The van der Waals surface area contributed by atoms with Gasteiger partial charge < -0.3 is 15.0 Å². The van der Waals surface area contributed by atoms with Crippen molar-refractivity contribution in [1.82, 2.24) is 9.97 Å². The molecular formula is C19H17N3O4. The molecule has 1 aromatic heterocycles. The highest BCUT2D eigenvalue weighted by atomic mass is 16.5. The Bertz CT molecular complexity index is 1010. The number of nitrogens with zero attached hydrogens (tertiary/aromatic N) is 1. The third kappa shape index (κ3) is 3.94. The summed E-state index contributed by atoms with van der Waals surface area (Å²) in [4.78, 5) is 42.6. The number of aryl methyl sites for hydroxylation is 1. The number of rotatable bonds is 5. The molecule has 3 aromatic rings. The average Bonchev–Trinajstić information content (AvgIpc) is 2.66. The second-order valence-electron chi connectivity index (χ2n) is 5.65. The van der Waals surface area contributed by atoms with Crippen molar-refractivity contribution in [1.29, 1.82) is 0 Å². The number of H-pyrrole nitrogens is 1. The highest BCUT2D eigenvalue weighted by Crippen LogP contribution is 2.11. The molecule has 0 aliphatic heterocycles. The fraction of sp³-hybridized carbons (Fsp3) is 0.158. The summed E-state index contributed by atoms with van der Waals surface area (Å²) in [6.07, 6.45) is 0.347. The zero-order chi connectivity index (χ0) is 18.5. The highest BCUT2D eigenvalue weighted by molar-refractivity contribution is 5.93. The number of carbonyl (C=O) groups excluding carboxylic acids is 2. The van der Waals surface area contributed by atoms with Gasteiger partial charge >= 0.3 is 5.97 Å². The number of benzene rings is 2. The minimum Gasteiger partial charge on any atom is -0.465 e. The van der Waals surface area contributed by atoms with E-state index in [2.05, 4.69) is 20.0 Å². The lowest BCUT2D eigenvalue weighted by atomic mass is 10.2. The second-order valence-corrected chi connectivity index (χ2v) is 5.65. The third-order valence-electron chi connectivity index (χ3n) is 3.85. The Balaban J connectivity index is 1.63. The van der Waals surface area contributed by atoms with Crippen molar-refractivity contribution >= 4 is 28.6 Å². The van der Waals surface area contributed by atoms with E-state index in [1.165, 1.54) is 7.11 Å². The lowest BCUT2D eigenvalue weighted by Gasteiger charge is -2.06. The van der Waals surface area contributed by atoms with Crippen LogP contribution < -0.4 is 10.9 Å². The Kier molecular flexibility index (Phi) is 5.07. The van der Waals surface area contributed by atoms with Crippen molar-refractivity contribution in [3.63, 3.8) is 0 Å². The van der Waals surface area contributed by atoms with Gasteiger partial charge in [0.05, 0.1) is 23.7 Å². The number of hydrogen-bond acceptors (Lipinski definition) is 5. The van der Waals surface area contributed by atoms with Crippen molar-refractivity contribution in [3.8, 4) is 0 Å². The van der Waals surface area contributed by atoms with E-state index in [1.807, 2.05) is 12.1 Å². The maximum atomic E-state index is 12.1. The minimum atomic E-state index is -0.440. The minimum absolute atomic E-state index is 0.118. The first-order valence-corrected chi connectivity index (χ1v) is 8.03. The molecule has 0 aliphatic carbocycles. The number of carbonyl (C=O) groups is 2. The molecule has 0 unspecified atom stereocenters. The number of esters is 1. The summed E-state index contributed by atoms with van der Waals surface area (Å²) in [6.45, 7) is 0. The molecule has 1 amide bonds. The number of hydrogen-bond donors (Lipinski definition) is 2. The highest BCUT2D eigenvalue weighted by Gasteiger charge is 2.09. The van der Waals surface area contributed by atoms with Crippen LogP contribution in [0.5, 0.6) is 0 Å². The van der Waals surface area contributed by atoms with Gasteiger partial charge in [-0.1, -0.05) is 12.1 Å². The van der Waals surface area contributed by atoms with E-state index in [9.17, 15) is 14.4 Å². The molecule has 0 saturated carbocycles. The van der Waals surface area contributed by atoms with Gasteiger partial charge in [-0.05, 0) is 36.4 Å². The Morgan fingerprint density at radius 3 is 2.58 bits per heavy atom. The number of aromatic amines is 1. The summed E-state index contributed by atoms with van der Waals surface area (Å²) in [5.74, 6) is -0.686. The van der Waals surface area contributed by atoms with Gasteiger partial charge in [0.1, 0.15) is 5.69 Å². The molecule has 0 aliphatic rings. The van der Waals surface area contributed by atoms with Crippen LogP contribution in [0.2, 0.25) is 0 Å². The SMILES string of the molecule is COC(=O)c1ccc(NC(=O)CCc2nc3ccccc3[nH]c2=O)cc1. The third-order valence-corrected chi connectivity index (χ3v) is 3.85. The zero-order valence-electron chi connectivity index (χ0n) is 14.1. The van der Waals surface area contributed by atoms with Crippen molar-refractivity contribution in [2.24, 2.45) is 0 Å². The molecule has 0 fully saturated rings. The number of para-hydroxylation sites is 2. The average molecular weight is 351 g/mol. The van der Waals surface area contributed by atoms with Gasteiger partial charge in [0.2, 0.25) is 5.91 Å². The first-order valence-electron chi connectivity index (χ1n) is 8.03. The quantitative estimate of drug-likeness (QED) is 0.687. The number of ether oxygens (including phenoxy) is 1. The second kappa shape index (κ2) is 7.60. The van der Waals surface area contributed by atoms with Crippen molar-refractivity contribution < 1.29 is 14.3 Å². The van der Waals surface area contributed by atoms with Crippen LogP contribution in [0.15, 0.2) is 53.3 Å². The number of aromatic nitrogens is 2. The summed E-state index contributed by atoms with van der Waals surface area (Å²) in [7, 11) is 1.31. The molecular weight excluding hydrogens is 334 g/mol. The smallest absolute Gasteiger partial charge is 0.337 e. The normalized spacial score (nSPS) is 10.5. The molecule has 3 rings (SSSR count). The first-order chi connectivity index (χ1) is 12.6. The predicted molar refractivity (Wildman–Crippen MR) is 97.1 cm³/mol. The molecule has 7 nitrogen and oxygen atoms in total. The van der Waals surface area contributed by atoms with Crippen molar-refractivity contribution in [2.75, 3.05) is 12.4 Å². The molecule has 2 aromatic carbocycles. The van der Waals surface area contributed by atoms with Gasteiger partial charge in [-0.2, -0.15) is 0 Å². The van der Waals surface area contributed by atoms with E-state index >= 15 is 0 Å². The van der Waals surface area contributed by atoms with Crippen LogP contribution in [-0.4, -0.2) is 29.0 Å². The molecule has 132 valence electrons. The van der Waals surface area contributed by atoms with E-state index in [-0.39, 0.29) is 24.3 Å². The maximum absolute atomic E-state index is 12.1. The topological polar surface area (TPSA) is 101 Å². The maximum Gasteiger partial charge on any atom is 0.337 e. The largest absolute Gasteiger partial charge is 0.465 e. The Morgan fingerprint density at radius 1 is 1.12 bits per heavy atom. The predicted octanol–water partition coefficient (Wildman–Crippen LogP) is 2.28. The number of amides is 1. The molecule has 0 saturated heterocycles. The lowest BCUT2D eigenvalue weighted by molar-refractivity contribution is -0.116. The number of anilines is 1. The molecule has 26 heavy (non-hydrogen) atoms. The molecule has 1 heterocycles. The van der Waals surface area contributed by atoms with Crippen LogP contribution in [0.4, 0.5) is 5.69 Å². The number of fused-ring (bicyclic) bond motifs is 1. The molecule has 0 atom stereocenters.